The first-order valence-corrected chi connectivity index (χ1v) is 4.56. The van der Waals surface area contributed by atoms with Crippen LogP contribution in [0.25, 0.3) is 0 Å². The molecule has 0 bridgehead atoms. The molecule has 0 aliphatic heterocycles. The largest absolute Gasteiger partial charge is 0.617 e. The summed E-state index contributed by atoms with van der Waals surface area (Å²) in [7, 11) is 0. The normalized spacial score (nSPS) is 16.1. The van der Waals surface area contributed by atoms with Gasteiger partial charge in [-0.3, -0.25) is 0 Å². The minimum atomic E-state index is -0.739. The zero-order chi connectivity index (χ0) is 6.78. The minimum absolute atomic E-state index is 0.195. The van der Waals surface area contributed by atoms with E-state index in [-0.39, 0.29) is 4.75 Å². The average Bonchev–Trinajstić information content (AvgIpc) is 1.21. The molecule has 0 saturated carbocycles. The maximum Gasteiger partial charge on any atom is 0.120 e. The van der Waals surface area contributed by atoms with Crippen molar-refractivity contribution in [3.8, 4) is 0 Å². The van der Waals surface area contributed by atoms with Crippen LogP contribution in [0.2, 0.25) is 0 Å². The highest BCUT2D eigenvalue weighted by atomic mass is 32.2. The fourth-order valence-corrected chi connectivity index (χ4v) is 1.97. The summed E-state index contributed by atoms with van der Waals surface area (Å²) in [6, 6.07) is 0. The van der Waals surface area contributed by atoms with Crippen molar-refractivity contribution >= 4 is 23.8 Å². The highest BCUT2D eigenvalue weighted by molar-refractivity contribution is 7.92. The second kappa shape index (κ2) is 2.99. The Hall–Kier alpha value is 0.660. The van der Waals surface area contributed by atoms with Crippen LogP contribution in [0, 0.1) is 0 Å². The van der Waals surface area contributed by atoms with Gasteiger partial charge in [0.1, 0.15) is 5.75 Å². The van der Waals surface area contributed by atoms with E-state index in [1.807, 2.05) is 13.8 Å². The van der Waals surface area contributed by atoms with Crippen LogP contribution in [0.4, 0.5) is 0 Å². The lowest BCUT2D eigenvalue weighted by molar-refractivity contribution is 0.593. The Kier molecular flexibility index (Phi) is 3.24. The number of hydrogen-bond donors (Lipinski definition) is 0. The smallest absolute Gasteiger partial charge is 0.120 e. The number of hydrogen-bond acceptors (Lipinski definition) is 1. The van der Waals surface area contributed by atoms with Crippen molar-refractivity contribution in [3.05, 3.63) is 0 Å². The molecular formula is C5H11OS2. The molecule has 0 rings (SSSR count). The highest BCUT2D eigenvalue weighted by Crippen LogP contribution is 2.13. The van der Waals surface area contributed by atoms with Gasteiger partial charge in [-0.15, -0.1) is 0 Å². The van der Waals surface area contributed by atoms with Crippen LogP contribution in [-0.4, -0.2) is 21.3 Å². The van der Waals surface area contributed by atoms with Gasteiger partial charge >= 0.3 is 0 Å². The van der Waals surface area contributed by atoms with Gasteiger partial charge in [0.05, 0.1) is 11.0 Å². The van der Waals surface area contributed by atoms with Gasteiger partial charge in [0.25, 0.3) is 0 Å². The Morgan fingerprint density at radius 1 is 1.62 bits per heavy atom. The van der Waals surface area contributed by atoms with Crippen LogP contribution < -0.4 is 0 Å². The van der Waals surface area contributed by atoms with Gasteiger partial charge in [0.2, 0.25) is 0 Å². The van der Waals surface area contributed by atoms with Crippen molar-refractivity contribution in [1.29, 1.82) is 0 Å². The molecule has 3 heteroatoms. The molecule has 0 aromatic carbocycles. The van der Waals surface area contributed by atoms with Crippen LogP contribution in [0.5, 0.6) is 0 Å². The molecule has 0 amide bonds. The molecule has 0 saturated heterocycles. The molecule has 0 aromatic rings. The fourth-order valence-electron chi connectivity index (χ4n) is 0.490. The van der Waals surface area contributed by atoms with Gasteiger partial charge in [0.15, 0.2) is 0 Å². The standard InChI is InChI=1S/C5H11OS2/c1-5(2,7)4-8(3)6/h4H2,1-3H3. The third-order valence-corrected chi connectivity index (χ3v) is 2.01. The predicted octanol–water partition coefficient (Wildman–Crippen LogP) is 1.34. The Balaban J connectivity index is 3.39. The predicted molar refractivity (Wildman–Crippen MR) is 40.6 cm³/mol. The van der Waals surface area contributed by atoms with Gasteiger partial charge in [-0.25, -0.2) is 0 Å². The molecule has 1 atom stereocenters. The lowest BCUT2D eigenvalue weighted by atomic mass is 10.2. The van der Waals surface area contributed by atoms with Gasteiger partial charge in [-0.05, 0) is 13.8 Å². The summed E-state index contributed by atoms with van der Waals surface area (Å²) >= 11 is 4.23. The van der Waals surface area contributed by atoms with E-state index in [0.717, 1.165) is 0 Å². The summed E-state index contributed by atoms with van der Waals surface area (Å²) in [6.45, 7) is 3.81. The molecule has 1 unspecified atom stereocenters. The van der Waals surface area contributed by atoms with Crippen molar-refractivity contribution in [2.75, 3.05) is 12.0 Å². The van der Waals surface area contributed by atoms with E-state index in [9.17, 15) is 4.55 Å². The molecule has 0 N–H and O–H groups in total. The van der Waals surface area contributed by atoms with E-state index in [1.54, 1.807) is 6.26 Å². The van der Waals surface area contributed by atoms with Crippen LogP contribution in [0.15, 0.2) is 0 Å². The monoisotopic (exact) mass is 151 g/mol. The van der Waals surface area contributed by atoms with E-state index in [4.69, 9.17) is 12.6 Å². The summed E-state index contributed by atoms with van der Waals surface area (Å²) < 4.78 is 10.3. The SMILES string of the molecule is C[S+]([O-])CC(C)(C)[S]. The molecular weight excluding hydrogens is 140 g/mol. The summed E-state index contributed by atoms with van der Waals surface area (Å²) in [6.07, 6.45) is 1.67. The first-order valence-electron chi connectivity index (χ1n) is 2.42. The molecule has 0 aliphatic carbocycles. The molecule has 1 nitrogen and oxygen atoms in total. The third-order valence-electron chi connectivity index (χ3n) is 0.551. The number of rotatable bonds is 2. The summed E-state index contributed by atoms with van der Waals surface area (Å²) in [5.41, 5.74) is 0. The van der Waals surface area contributed by atoms with Crippen molar-refractivity contribution in [2.24, 2.45) is 0 Å². The Bertz CT molecular complexity index is 65.3. The van der Waals surface area contributed by atoms with Crippen molar-refractivity contribution in [1.82, 2.24) is 0 Å². The van der Waals surface area contributed by atoms with Crippen molar-refractivity contribution < 1.29 is 4.55 Å². The minimum Gasteiger partial charge on any atom is -0.617 e. The van der Waals surface area contributed by atoms with Crippen LogP contribution in [0.1, 0.15) is 13.8 Å². The Morgan fingerprint density at radius 3 is 2.00 bits per heavy atom. The molecule has 1 radical (unpaired) electrons. The lowest BCUT2D eigenvalue weighted by Crippen LogP contribution is -2.23. The van der Waals surface area contributed by atoms with E-state index >= 15 is 0 Å². The Morgan fingerprint density at radius 2 is 2.00 bits per heavy atom. The molecule has 0 spiro atoms. The zero-order valence-corrected chi connectivity index (χ0v) is 7.06. The third kappa shape index (κ3) is 6.66. The van der Waals surface area contributed by atoms with Crippen LogP contribution >= 0.6 is 12.6 Å². The quantitative estimate of drug-likeness (QED) is 0.546. The molecule has 0 aromatic heterocycles. The van der Waals surface area contributed by atoms with Crippen LogP contribution in [-0.2, 0) is 11.2 Å². The van der Waals surface area contributed by atoms with E-state index in [0.29, 0.717) is 5.75 Å². The topological polar surface area (TPSA) is 23.1 Å². The maximum absolute atomic E-state index is 10.5. The fraction of sp³-hybridized carbons (Fsp3) is 1.00. The Labute approximate surface area is 59.4 Å². The van der Waals surface area contributed by atoms with Gasteiger partial charge in [-0.1, -0.05) is 23.8 Å². The first kappa shape index (κ1) is 8.66. The zero-order valence-electron chi connectivity index (χ0n) is 5.43. The first-order chi connectivity index (χ1) is 3.42. The van der Waals surface area contributed by atoms with Crippen LogP contribution in [0.3, 0.4) is 0 Å². The molecule has 0 aliphatic rings. The van der Waals surface area contributed by atoms with Crippen molar-refractivity contribution in [2.45, 2.75) is 18.6 Å². The molecule has 8 heavy (non-hydrogen) atoms. The van der Waals surface area contributed by atoms with Gasteiger partial charge in [0, 0.05) is 0 Å². The average molecular weight is 151 g/mol. The maximum atomic E-state index is 10.5. The molecule has 0 fully saturated rings. The highest BCUT2D eigenvalue weighted by Gasteiger charge is 2.17. The summed E-state index contributed by atoms with van der Waals surface area (Å²) in [5.74, 6) is 0.613. The lowest BCUT2D eigenvalue weighted by Gasteiger charge is -2.15. The van der Waals surface area contributed by atoms with E-state index < -0.39 is 11.2 Å². The van der Waals surface area contributed by atoms with Gasteiger partial charge < -0.3 is 4.55 Å². The van der Waals surface area contributed by atoms with E-state index in [2.05, 4.69) is 0 Å². The van der Waals surface area contributed by atoms with Gasteiger partial charge in [-0.2, -0.15) is 0 Å². The second-order valence-electron chi connectivity index (χ2n) is 2.48. The molecule has 49 valence electrons. The molecule has 0 heterocycles. The second-order valence-corrected chi connectivity index (χ2v) is 5.02. The van der Waals surface area contributed by atoms with E-state index in [1.165, 1.54) is 0 Å². The summed E-state index contributed by atoms with van der Waals surface area (Å²) in [4.78, 5) is 0. The summed E-state index contributed by atoms with van der Waals surface area (Å²) in [5, 5.41) is 0. The van der Waals surface area contributed by atoms with Crippen molar-refractivity contribution in [3.63, 3.8) is 0 Å².